The smallest absolute Gasteiger partial charge is 0.341 e. The topological polar surface area (TPSA) is 92.8 Å². The van der Waals surface area contributed by atoms with Crippen molar-refractivity contribution in [2.45, 2.75) is 44.4 Å². The number of hydrogen-bond donors (Lipinski definition) is 1. The number of rotatable bonds is 8. The lowest BCUT2D eigenvalue weighted by molar-refractivity contribution is -0.114. The predicted molar refractivity (Wildman–Crippen MR) is 143 cm³/mol. The highest BCUT2D eigenvalue weighted by Gasteiger charge is 2.31. The van der Waals surface area contributed by atoms with Crippen LogP contribution in [0.15, 0.2) is 53.4 Å². The van der Waals surface area contributed by atoms with Gasteiger partial charge in [0.25, 0.3) is 10.0 Å². The standard InChI is InChI=1S/C26H27ClN2O5S2/c1-3-34-26(31)24-20-9-5-7-11-22(20)35-25(24)28-23(30)16-29(21-10-6-4-8-17(21)2)36(32,33)19-14-12-18(27)13-15-19/h4,6,8,10,12-15H,3,5,7,9,11,16H2,1-2H3,(H,28,30). The molecular weight excluding hydrogens is 520 g/mol. The van der Waals surface area contributed by atoms with E-state index >= 15 is 0 Å². The van der Waals surface area contributed by atoms with Gasteiger partial charge < -0.3 is 10.1 Å². The monoisotopic (exact) mass is 546 g/mol. The number of nitrogens with zero attached hydrogens (tertiary/aromatic N) is 1. The number of sulfonamides is 1. The second-order valence-corrected chi connectivity index (χ2v) is 11.8. The molecule has 1 aromatic heterocycles. The van der Waals surface area contributed by atoms with E-state index in [9.17, 15) is 18.0 Å². The van der Waals surface area contributed by atoms with Crippen LogP contribution in [0.25, 0.3) is 0 Å². The van der Waals surface area contributed by atoms with Gasteiger partial charge in [0.05, 0.1) is 22.8 Å². The third-order valence-electron chi connectivity index (χ3n) is 5.98. The van der Waals surface area contributed by atoms with Gasteiger partial charge >= 0.3 is 5.97 Å². The van der Waals surface area contributed by atoms with Gasteiger partial charge in [0, 0.05) is 9.90 Å². The molecule has 36 heavy (non-hydrogen) atoms. The van der Waals surface area contributed by atoms with Gasteiger partial charge in [0.15, 0.2) is 0 Å². The van der Waals surface area contributed by atoms with Gasteiger partial charge in [-0.2, -0.15) is 0 Å². The Morgan fingerprint density at radius 3 is 2.47 bits per heavy atom. The van der Waals surface area contributed by atoms with Gasteiger partial charge in [-0.15, -0.1) is 11.3 Å². The van der Waals surface area contributed by atoms with E-state index < -0.39 is 28.4 Å². The van der Waals surface area contributed by atoms with Crippen LogP contribution < -0.4 is 9.62 Å². The summed E-state index contributed by atoms with van der Waals surface area (Å²) in [6.07, 6.45) is 3.56. The Labute approximate surface area is 220 Å². The second kappa shape index (κ2) is 11.0. The Hall–Kier alpha value is -2.88. The van der Waals surface area contributed by atoms with E-state index in [1.165, 1.54) is 35.6 Å². The fourth-order valence-electron chi connectivity index (χ4n) is 4.25. The van der Waals surface area contributed by atoms with E-state index in [0.29, 0.717) is 26.8 Å². The molecule has 0 atom stereocenters. The number of hydrogen-bond acceptors (Lipinski definition) is 6. The van der Waals surface area contributed by atoms with Crippen molar-refractivity contribution in [3.8, 4) is 0 Å². The number of anilines is 2. The van der Waals surface area contributed by atoms with Crippen molar-refractivity contribution < 1.29 is 22.7 Å². The minimum atomic E-state index is -4.09. The summed E-state index contributed by atoms with van der Waals surface area (Å²) in [6.45, 7) is 3.26. The lowest BCUT2D eigenvalue weighted by atomic mass is 9.95. The first-order valence-electron chi connectivity index (χ1n) is 11.7. The van der Waals surface area contributed by atoms with E-state index in [0.717, 1.165) is 40.4 Å². The zero-order chi connectivity index (χ0) is 25.9. The molecule has 7 nitrogen and oxygen atoms in total. The molecule has 0 spiro atoms. The minimum absolute atomic E-state index is 0.0155. The Bertz CT molecular complexity index is 1380. The largest absolute Gasteiger partial charge is 0.462 e. The fraction of sp³-hybridized carbons (Fsp3) is 0.308. The summed E-state index contributed by atoms with van der Waals surface area (Å²) >= 11 is 7.32. The SMILES string of the molecule is CCOC(=O)c1c(NC(=O)CN(c2ccccc2C)S(=O)(=O)c2ccc(Cl)cc2)sc2c1CCCC2. The predicted octanol–water partition coefficient (Wildman–Crippen LogP) is 5.60. The van der Waals surface area contributed by atoms with Crippen LogP contribution in [0.4, 0.5) is 10.7 Å². The van der Waals surface area contributed by atoms with E-state index in [1.54, 1.807) is 38.1 Å². The molecule has 0 aliphatic heterocycles. The van der Waals surface area contributed by atoms with Gasteiger partial charge in [-0.05, 0) is 81.0 Å². The summed E-state index contributed by atoms with van der Waals surface area (Å²) in [5.74, 6) is -1.03. The highest BCUT2D eigenvalue weighted by Crippen LogP contribution is 2.39. The number of fused-ring (bicyclic) bond motifs is 1. The fourth-order valence-corrected chi connectivity index (χ4v) is 7.15. The summed E-state index contributed by atoms with van der Waals surface area (Å²) < 4.78 is 33.6. The normalized spacial score (nSPS) is 13.1. The number of amides is 1. The molecule has 0 unspecified atom stereocenters. The molecule has 2 aromatic carbocycles. The number of aryl methyl sites for hydroxylation is 2. The van der Waals surface area contributed by atoms with Crippen LogP contribution in [0.2, 0.25) is 5.02 Å². The van der Waals surface area contributed by atoms with Crippen molar-refractivity contribution in [3.63, 3.8) is 0 Å². The van der Waals surface area contributed by atoms with Crippen molar-refractivity contribution in [1.82, 2.24) is 0 Å². The molecule has 1 amide bonds. The number of benzene rings is 2. The first-order chi connectivity index (χ1) is 17.2. The zero-order valence-corrected chi connectivity index (χ0v) is 22.4. The van der Waals surface area contributed by atoms with Gasteiger partial charge in [0.1, 0.15) is 11.5 Å². The summed E-state index contributed by atoms with van der Waals surface area (Å²) in [7, 11) is -4.09. The molecule has 1 N–H and O–H groups in total. The lowest BCUT2D eigenvalue weighted by Crippen LogP contribution is -2.38. The average Bonchev–Trinajstić information content (AvgIpc) is 3.21. The Balaban J connectivity index is 1.68. The molecule has 190 valence electrons. The highest BCUT2D eigenvalue weighted by molar-refractivity contribution is 7.92. The number of carbonyl (C=O) groups is 2. The summed E-state index contributed by atoms with van der Waals surface area (Å²) in [6, 6.07) is 12.8. The van der Waals surface area contributed by atoms with Crippen molar-refractivity contribution in [2.75, 3.05) is 22.8 Å². The second-order valence-electron chi connectivity index (χ2n) is 8.44. The van der Waals surface area contributed by atoms with E-state index in [-0.39, 0.29) is 11.5 Å². The van der Waals surface area contributed by atoms with Crippen LogP contribution in [0, 0.1) is 6.92 Å². The molecule has 1 aliphatic rings. The van der Waals surface area contributed by atoms with Gasteiger partial charge in [-0.3, -0.25) is 9.10 Å². The maximum absolute atomic E-state index is 13.6. The Morgan fingerprint density at radius 2 is 1.78 bits per heavy atom. The van der Waals surface area contributed by atoms with Gasteiger partial charge in [-0.25, -0.2) is 13.2 Å². The van der Waals surface area contributed by atoms with E-state index in [2.05, 4.69) is 5.32 Å². The first kappa shape index (κ1) is 26.2. The third kappa shape index (κ3) is 5.43. The molecule has 1 aliphatic carbocycles. The Morgan fingerprint density at radius 1 is 1.08 bits per heavy atom. The number of carbonyl (C=O) groups excluding carboxylic acids is 2. The molecule has 10 heteroatoms. The molecule has 0 saturated heterocycles. The minimum Gasteiger partial charge on any atom is -0.462 e. The van der Waals surface area contributed by atoms with Crippen molar-refractivity contribution in [2.24, 2.45) is 0 Å². The highest BCUT2D eigenvalue weighted by atomic mass is 35.5. The number of para-hydroxylation sites is 1. The summed E-state index contributed by atoms with van der Waals surface area (Å²) in [5, 5.41) is 3.62. The maximum Gasteiger partial charge on any atom is 0.341 e. The van der Waals surface area contributed by atoms with Crippen LogP contribution in [0.5, 0.6) is 0 Å². The Kier molecular flexibility index (Phi) is 8.02. The number of nitrogens with one attached hydrogen (secondary N) is 1. The van der Waals surface area contributed by atoms with Crippen molar-refractivity contribution in [1.29, 1.82) is 0 Å². The molecule has 0 bridgehead atoms. The van der Waals surface area contributed by atoms with Crippen LogP contribution in [0.3, 0.4) is 0 Å². The van der Waals surface area contributed by atoms with E-state index in [1.807, 2.05) is 0 Å². The lowest BCUT2D eigenvalue weighted by Gasteiger charge is -2.25. The third-order valence-corrected chi connectivity index (χ3v) is 9.21. The van der Waals surface area contributed by atoms with E-state index in [4.69, 9.17) is 16.3 Å². The molecule has 0 radical (unpaired) electrons. The van der Waals surface area contributed by atoms with Crippen LogP contribution >= 0.6 is 22.9 Å². The van der Waals surface area contributed by atoms with Crippen LogP contribution in [-0.4, -0.2) is 33.4 Å². The number of esters is 1. The first-order valence-corrected chi connectivity index (χ1v) is 14.3. The molecule has 0 saturated carbocycles. The van der Waals surface area contributed by atoms with Gasteiger partial charge in [-0.1, -0.05) is 29.8 Å². The van der Waals surface area contributed by atoms with Crippen molar-refractivity contribution >= 4 is 55.5 Å². The zero-order valence-electron chi connectivity index (χ0n) is 20.0. The molecule has 1 heterocycles. The number of thiophene rings is 1. The number of ether oxygens (including phenoxy) is 1. The summed E-state index contributed by atoms with van der Waals surface area (Å²) in [5.41, 5.74) is 2.39. The molecule has 0 fully saturated rings. The van der Waals surface area contributed by atoms with Gasteiger partial charge in [0.2, 0.25) is 5.91 Å². The van der Waals surface area contributed by atoms with Crippen LogP contribution in [0.1, 0.15) is 46.1 Å². The quantitative estimate of drug-likeness (QED) is 0.371. The number of halogens is 1. The molecule has 4 rings (SSSR count). The maximum atomic E-state index is 13.6. The van der Waals surface area contributed by atoms with Crippen LogP contribution in [-0.2, 0) is 32.4 Å². The van der Waals surface area contributed by atoms with Crippen molar-refractivity contribution in [3.05, 3.63) is 75.1 Å². The molecule has 3 aromatic rings. The molecular formula is C26H27ClN2O5S2. The average molecular weight is 547 g/mol. The summed E-state index contributed by atoms with van der Waals surface area (Å²) in [4.78, 5) is 27.1.